The summed E-state index contributed by atoms with van der Waals surface area (Å²) in [5.74, 6) is 1.36. The fourth-order valence-electron chi connectivity index (χ4n) is 4.82. The summed E-state index contributed by atoms with van der Waals surface area (Å²) in [6.45, 7) is -0.426. The Morgan fingerprint density at radius 1 is 0.639 bits per heavy atom. The van der Waals surface area contributed by atoms with Crippen LogP contribution < -0.4 is 20.5 Å². The van der Waals surface area contributed by atoms with Crippen LogP contribution in [0.3, 0.4) is 0 Å². The summed E-state index contributed by atoms with van der Waals surface area (Å²) in [6, 6.07) is 30.9. The van der Waals surface area contributed by atoms with E-state index in [-0.39, 0.29) is 0 Å². The molecule has 2 aliphatic rings. The van der Waals surface area contributed by atoms with E-state index < -0.39 is 6.85 Å². The monoisotopic (exact) mass is 477 g/mol. The number of fused-ring (bicyclic) bond motifs is 4. The van der Waals surface area contributed by atoms with Crippen LogP contribution in [0.5, 0.6) is 11.5 Å². The molecule has 2 aliphatic heterocycles. The van der Waals surface area contributed by atoms with Crippen LogP contribution >= 0.6 is 11.8 Å². The highest BCUT2D eigenvalue weighted by molar-refractivity contribution is 7.99. The van der Waals surface area contributed by atoms with E-state index in [4.69, 9.17) is 4.74 Å². The molecule has 164 valence electrons. The van der Waals surface area contributed by atoms with Gasteiger partial charge < -0.3 is 9.55 Å². The van der Waals surface area contributed by atoms with Gasteiger partial charge >= 0.3 is 6.85 Å². The van der Waals surface area contributed by atoms with Crippen LogP contribution in [0.1, 0.15) is 22.3 Å². The number of anilines is 2. The third-order valence-electron chi connectivity index (χ3n) is 6.26. The number of hydrogen-bond acceptors (Lipinski definition) is 7. The number of nitrogens with zero attached hydrogens (tertiary/aromatic N) is 5. The van der Waals surface area contributed by atoms with E-state index in [9.17, 15) is 21.0 Å². The van der Waals surface area contributed by atoms with E-state index in [1.165, 1.54) is 11.8 Å². The zero-order valence-electron chi connectivity index (χ0n) is 18.6. The quantitative estimate of drug-likeness (QED) is 0.366. The first kappa shape index (κ1) is 21.4. The van der Waals surface area contributed by atoms with Crippen LogP contribution in [0.4, 0.5) is 11.4 Å². The molecule has 6 rings (SSSR count). The van der Waals surface area contributed by atoms with Gasteiger partial charge in [-0.3, -0.25) is 0 Å². The minimum atomic E-state index is -0.426. The highest BCUT2D eigenvalue weighted by atomic mass is 32.2. The van der Waals surface area contributed by atoms with E-state index in [1.807, 2.05) is 53.3 Å². The summed E-state index contributed by atoms with van der Waals surface area (Å²) in [6.07, 6.45) is 0. The van der Waals surface area contributed by atoms with Crippen molar-refractivity contribution in [3.05, 3.63) is 95.1 Å². The highest BCUT2D eigenvalue weighted by Crippen LogP contribution is 2.52. The molecule has 4 aromatic rings. The summed E-state index contributed by atoms with van der Waals surface area (Å²) >= 11 is 1.35. The SMILES string of the molecule is N#Cc1cc(C#N)c2c(c1)Sc1cc(C#N)cc(C#N)c1N2B1c2ccccc2Oc2ccccc21. The number of hydrogen-bond donors (Lipinski definition) is 0. The fraction of sp³-hybridized carbons (Fsp3) is 0. The maximum atomic E-state index is 10.1. The maximum absolute atomic E-state index is 10.1. The Morgan fingerprint density at radius 2 is 1.11 bits per heavy atom. The Morgan fingerprint density at radius 3 is 1.56 bits per heavy atom. The standard InChI is InChI=1S/C28H12BN5OS/c30-13-17-9-19(15-32)27-25(11-17)36-26-12-18(14-31)10-20(16-33)28(26)34(27)29-21-5-1-3-7-23(21)35-24-8-4-2-6-22(24)29/h1-12H. The summed E-state index contributed by atoms with van der Waals surface area (Å²) in [5, 5.41) is 39.5. The molecule has 0 unspecified atom stereocenters. The second-order valence-corrected chi connectivity index (χ2v) is 9.32. The van der Waals surface area contributed by atoms with Gasteiger partial charge in [0.2, 0.25) is 0 Å². The summed E-state index contributed by atoms with van der Waals surface area (Å²) in [7, 11) is 0. The smallest absolute Gasteiger partial charge is 0.335 e. The van der Waals surface area contributed by atoms with E-state index in [0.29, 0.717) is 54.9 Å². The first-order chi connectivity index (χ1) is 17.7. The molecule has 0 bridgehead atoms. The lowest BCUT2D eigenvalue weighted by molar-refractivity contribution is 0.487. The van der Waals surface area contributed by atoms with Crippen molar-refractivity contribution in [1.29, 1.82) is 21.0 Å². The van der Waals surface area contributed by atoms with Crippen LogP contribution in [0.25, 0.3) is 0 Å². The molecule has 0 saturated carbocycles. The Labute approximate surface area is 211 Å². The zero-order valence-corrected chi connectivity index (χ0v) is 19.4. The second-order valence-electron chi connectivity index (χ2n) is 8.24. The number of benzene rings is 4. The third kappa shape index (κ3) is 3.11. The molecule has 8 heteroatoms. The minimum absolute atomic E-state index is 0.330. The van der Waals surface area contributed by atoms with Gasteiger partial charge in [-0.25, -0.2) is 0 Å². The van der Waals surface area contributed by atoms with Crippen LogP contribution in [0.2, 0.25) is 0 Å². The van der Waals surface area contributed by atoms with Gasteiger partial charge in [-0.05, 0) is 47.3 Å². The van der Waals surface area contributed by atoms with Crippen LogP contribution in [-0.2, 0) is 0 Å². The van der Waals surface area contributed by atoms with Gasteiger partial charge in [0.15, 0.2) is 0 Å². The Hall–Kier alpha value is -5.15. The largest absolute Gasteiger partial charge is 0.458 e. The van der Waals surface area contributed by atoms with E-state index in [0.717, 1.165) is 10.9 Å². The first-order valence-corrected chi connectivity index (χ1v) is 11.8. The van der Waals surface area contributed by atoms with Crippen molar-refractivity contribution in [3.8, 4) is 35.8 Å². The molecule has 0 fully saturated rings. The molecule has 2 heterocycles. The third-order valence-corrected chi connectivity index (χ3v) is 7.32. The van der Waals surface area contributed by atoms with Crippen molar-refractivity contribution in [2.75, 3.05) is 4.81 Å². The molecular weight excluding hydrogens is 465 g/mol. The van der Waals surface area contributed by atoms with Gasteiger partial charge in [-0.2, -0.15) is 21.0 Å². The predicted molar refractivity (Wildman–Crippen MR) is 136 cm³/mol. The lowest BCUT2D eigenvalue weighted by Crippen LogP contribution is -2.58. The molecule has 36 heavy (non-hydrogen) atoms. The van der Waals surface area contributed by atoms with Gasteiger partial charge in [-0.1, -0.05) is 48.2 Å². The van der Waals surface area contributed by atoms with Gasteiger partial charge in [0.05, 0.1) is 45.8 Å². The van der Waals surface area contributed by atoms with Crippen molar-refractivity contribution in [3.63, 3.8) is 0 Å². The number of nitriles is 4. The predicted octanol–water partition coefficient (Wildman–Crippen LogP) is 4.69. The van der Waals surface area contributed by atoms with Crippen LogP contribution in [0.15, 0.2) is 82.6 Å². The lowest BCUT2D eigenvalue weighted by atomic mass is 9.47. The first-order valence-electron chi connectivity index (χ1n) is 11.0. The molecule has 0 aromatic heterocycles. The Kier molecular flexibility index (Phi) is 4.91. The Balaban J connectivity index is 1.75. The minimum Gasteiger partial charge on any atom is -0.458 e. The number of rotatable bonds is 1. The molecule has 0 radical (unpaired) electrons. The molecule has 4 aromatic carbocycles. The average Bonchev–Trinajstić information content (AvgIpc) is 2.93. The topological polar surface area (TPSA) is 108 Å². The van der Waals surface area contributed by atoms with Crippen molar-refractivity contribution < 1.29 is 4.74 Å². The van der Waals surface area contributed by atoms with Crippen LogP contribution in [0, 0.1) is 45.3 Å². The summed E-state index contributed by atoms with van der Waals surface area (Å²) in [4.78, 5) is 3.41. The van der Waals surface area contributed by atoms with Crippen molar-refractivity contribution in [2.24, 2.45) is 0 Å². The fourth-order valence-corrected chi connectivity index (χ4v) is 6.04. The van der Waals surface area contributed by atoms with Gasteiger partial charge in [0, 0.05) is 9.79 Å². The summed E-state index contributed by atoms with van der Waals surface area (Å²) in [5.41, 5.74) is 4.38. The average molecular weight is 477 g/mol. The number of ether oxygens (including phenoxy) is 1. The van der Waals surface area contributed by atoms with Gasteiger partial charge in [-0.15, -0.1) is 0 Å². The van der Waals surface area contributed by atoms with E-state index >= 15 is 0 Å². The molecule has 0 N–H and O–H groups in total. The van der Waals surface area contributed by atoms with Gasteiger partial charge in [0.1, 0.15) is 23.6 Å². The number of para-hydroxylation sites is 2. The highest BCUT2D eigenvalue weighted by Gasteiger charge is 2.42. The van der Waals surface area contributed by atoms with Crippen molar-refractivity contribution in [1.82, 2.24) is 0 Å². The maximum Gasteiger partial charge on any atom is 0.335 e. The zero-order chi connectivity index (χ0) is 24.8. The van der Waals surface area contributed by atoms with E-state index in [2.05, 4.69) is 24.3 Å². The second kappa shape index (κ2) is 8.26. The molecule has 0 atom stereocenters. The van der Waals surface area contributed by atoms with Crippen molar-refractivity contribution in [2.45, 2.75) is 9.79 Å². The lowest BCUT2D eigenvalue weighted by Gasteiger charge is -2.41. The molecule has 0 spiro atoms. The summed E-state index contributed by atoms with van der Waals surface area (Å²) < 4.78 is 6.21. The molecule has 0 saturated heterocycles. The molecular formula is C28H12BN5OS. The molecule has 6 nitrogen and oxygen atoms in total. The normalized spacial score (nSPS) is 12.3. The van der Waals surface area contributed by atoms with Gasteiger partial charge in [0.25, 0.3) is 0 Å². The molecule has 0 amide bonds. The van der Waals surface area contributed by atoms with Crippen LogP contribution in [-0.4, -0.2) is 6.85 Å². The van der Waals surface area contributed by atoms with E-state index in [1.54, 1.807) is 24.3 Å². The molecule has 0 aliphatic carbocycles. The van der Waals surface area contributed by atoms with Crippen molar-refractivity contribution >= 4 is 40.9 Å². The Bertz CT molecular complexity index is 1650.